The van der Waals surface area contributed by atoms with E-state index in [0.717, 1.165) is 44.3 Å². The van der Waals surface area contributed by atoms with Crippen molar-refractivity contribution in [1.82, 2.24) is 0 Å². The molecule has 114 valence electrons. The maximum atomic E-state index is 8.89. The van der Waals surface area contributed by atoms with Crippen LogP contribution in [0.15, 0.2) is 11.6 Å². The summed E-state index contributed by atoms with van der Waals surface area (Å²) in [6, 6.07) is 0. The first-order chi connectivity index (χ1) is 9.81. The third-order valence-corrected chi connectivity index (χ3v) is 5.51. The van der Waals surface area contributed by atoms with E-state index in [1.54, 1.807) is 5.57 Å². The van der Waals surface area contributed by atoms with Crippen LogP contribution >= 0.6 is 0 Å². The molecule has 0 atom stereocenters. The van der Waals surface area contributed by atoms with E-state index >= 15 is 0 Å². The van der Waals surface area contributed by atoms with Crippen molar-refractivity contribution in [3.63, 3.8) is 0 Å². The lowest BCUT2D eigenvalue weighted by Crippen LogP contribution is -2.37. The quantitative estimate of drug-likeness (QED) is 0.805. The molecule has 3 rings (SSSR count). The summed E-state index contributed by atoms with van der Waals surface area (Å²) in [7, 11) is 0. The van der Waals surface area contributed by atoms with E-state index in [1.165, 1.54) is 38.5 Å². The highest BCUT2D eigenvalue weighted by molar-refractivity contribution is 5.06. The average molecular weight is 280 g/mol. The lowest BCUT2D eigenvalue weighted by molar-refractivity contribution is -0.185. The minimum Gasteiger partial charge on any atom is -0.396 e. The summed E-state index contributed by atoms with van der Waals surface area (Å²) in [5, 5.41) is 8.89. The Morgan fingerprint density at radius 3 is 2.20 bits per heavy atom. The number of ether oxygens (including phenoxy) is 2. The monoisotopic (exact) mass is 280 g/mol. The molecule has 0 unspecified atom stereocenters. The number of aliphatic hydroxyl groups is 1. The predicted octanol–water partition coefficient (Wildman–Crippen LogP) is 3.42. The predicted molar refractivity (Wildman–Crippen MR) is 78.3 cm³/mol. The smallest absolute Gasteiger partial charge is 0.168 e. The van der Waals surface area contributed by atoms with Gasteiger partial charge in [-0.1, -0.05) is 11.6 Å². The SMILES string of the molecule is OCCC=C1CCC(C2CCC3(CC2)OCCO3)CC1. The summed E-state index contributed by atoms with van der Waals surface area (Å²) in [5.41, 5.74) is 1.57. The first-order valence-electron chi connectivity index (χ1n) is 8.38. The van der Waals surface area contributed by atoms with Crippen LogP contribution in [0.5, 0.6) is 0 Å². The molecule has 0 radical (unpaired) electrons. The number of allylic oxidation sites excluding steroid dienone is 1. The van der Waals surface area contributed by atoms with Gasteiger partial charge >= 0.3 is 0 Å². The summed E-state index contributed by atoms with van der Waals surface area (Å²) >= 11 is 0. The van der Waals surface area contributed by atoms with E-state index < -0.39 is 0 Å². The summed E-state index contributed by atoms with van der Waals surface area (Å²) in [6.45, 7) is 1.86. The Morgan fingerprint density at radius 2 is 1.60 bits per heavy atom. The van der Waals surface area contributed by atoms with Gasteiger partial charge in [0.05, 0.1) is 13.2 Å². The average Bonchev–Trinajstić information content (AvgIpc) is 2.95. The second-order valence-electron chi connectivity index (χ2n) is 6.66. The van der Waals surface area contributed by atoms with E-state index in [0.29, 0.717) is 0 Å². The molecule has 0 aromatic carbocycles. The molecule has 0 bridgehead atoms. The second-order valence-corrected chi connectivity index (χ2v) is 6.66. The van der Waals surface area contributed by atoms with Crippen molar-refractivity contribution in [1.29, 1.82) is 0 Å². The molecule has 3 fully saturated rings. The van der Waals surface area contributed by atoms with E-state index in [-0.39, 0.29) is 12.4 Å². The Bertz CT molecular complexity index is 324. The van der Waals surface area contributed by atoms with Crippen LogP contribution in [0.2, 0.25) is 0 Å². The molecule has 0 aromatic rings. The lowest BCUT2D eigenvalue weighted by Gasteiger charge is -2.40. The minimum absolute atomic E-state index is 0.197. The van der Waals surface area contributed by atoms with E-state index in [4.69, 9.17) is 14.6 Å². The van der Waals surface area contributed by atoms with Crippen LogP contribution in [0.25, 0.3) is 0 Å². The number of hydrogen-bond acceptors (Lipinski definition) is 3. The van der Waals surface area contributed by atoms with Crippen molar-refractivity contribution in [2.24, 2.45) is 11.8 Å². The van der Waals surface area contributed by atoms with Crippen molar-refractivity contribution in [3.8, 4) is 0 Å². The van der Waals surface area contributed by atoms with Gasteiger partial charge in [0.25, 0.3) is 0 Å². The fraction of sp³-hybridized carbons (Fsp3) is 0.882. The molecule has 1 saturated heterocycles. The zero-order valence-electron chi connectivity index (χ0n) is 12.5. The highest BCUT2D eigenvalue weighted by atomic mass is 16.7. The van der Waals surface area contributed by atoms with Crippen LogP contribution in [-0.4, -0.2) is 30.7 Å². The second kappa shape index (κ2) is 6.59. The highest BCUT2D eigenvalue weighted by Gasteiger charge is 2.42. The van der Waals surface area contributed by atoms with Crippen molar-refractivity contribution in [2.75, 3.05) is 19.8 Å². The molecule has 3 nitrogen and oxygen atoms in total. The van der Waals surface area contributed by atoms with Gasteiger partial charge in [-0.25, -0.2) is 0 Å². The van der Waals surface area contributed by atoms with Gasteiger partial charge in [-0.05, 0) is 56.8 Å². The molecule has 0 aromatic heterocycles. The summed E-state index contributed by atoms with van der Waals surface area (Å²) < 4.78 is 11.6. The van der Waals surface area contributed by atoms with Crippen LogP contribution in [0, 0.1) is 11.8 Å². The first-order valence-corrected chi connectivity index (χ1v) is 8.38. The summed E-state index contributed by atoms with van der Waals surface area (Å²) in [4.78, 5) is 0. The van der Waals surface area contributed by atoms with Gasteiger partial charge in [-0.2, -0.15) is 0 Å². The van der Waals surface area contributed by atoms with E-state index in [1.807, 2.05) is 0 Å². The van der Waals surface area contributed by atoms with Gasteiger partial charge in [0.15, 0.2) is 5.79 Å². The molecule has 1 aliphatic heterocycles. The Labute approximate surface area is 122 Å². The van der Waals surface area contributed by atoms with Gasteiger partial charge in [0.1, 0.15) is 0 Å². The molecular weight excluding hydrogens is 252 g/mol. The molecule has 2 saturated carbocycles. The Balaban J connectivity index is 1.45. The van der Waals surface area contributed by atoms with Gasteiger partial charge in [0.2, 0.25) is 0 Å². The molecule has 2 aliphatic carbocycles. The van der Waals surface area contributed by atoms with Gasteiger partial charge < -0.3 is 14.6 Å². The zero-order valence-corrected chi connectivity index (χ0v) is 12.5. The largest absolute Gasteiger partial charge is 0.396 e. The van der Waals surface area contributed by atoms with Crippen molar-refractivity contribution in [2.45, 2.75) is 63.6 Å². The van der Waals surface area contributed by atoms with Crippen LogP contribution in [0.1, 0.15) is 57.8 Å². The maximum absolute atomic E-state index is 8.89. The van der Waals surface area contributed by atoms with Crippen LogP contribution in [0.3, 0.4) is 0 Å². The third kappa shape index (κ3) is 3.26. The summed E-state index contributed by atoms with van der Waals surface area (Å²) in [5.74, 6) is 1.59. The Kier molecular flexibility index (Phi) is 4.79. The molecule has 3 heteroatoms. The molecule has 20 heavy (non-hydrogen) atoms. The Hall–Kier alpha value is -0.380. The molecule has 0 amide bonds. The Morgan fingerprint density at radius 1 is 1.00 bits per heavy atom. The van der Waals surface area contributed by atoms with Crippen LogP contribution in [-0.2, 0) is 9.47 Å². The lowest BCUT2D eigenvalue weighted by atomic mass is 9.71. The molecular formula is C17H28O3. The first kappa shape index (κ1) is 14.6. The van der Waals surface area contributed by atoms with Gasteiger partial charge in [-0.15, -0.1) is 0 Å². The number of hydrogen-bond donors (Lipinski definition) is 1. The van der Waals surface area contributed by atoms with Crippen molar-refractivity contribution in [3.05, 3.63) is 11.6 Å². The summed E-state index contributed by atoms with van der Waals surface area (Å²) in [6.07, 6.45) is 13.0. The standard InChI is InChI=1S/C17H28O3/c18-11-1-2-14-3-5-15(6-4-14)16-7-9-17(10-8-16)19-12-13-20-17/h2,15-16,18H,1,3-13H2. The molecule has 3 aliphatic rings. The minimum atomic E-state index is -0.197. The van der Waals surface area contributed by atoms with Crippen molar-refractivity contribution >= 4 is 0 Å². The highest BCUT2D eigenvalue weighted by Crippen LogP contribution is 2.44. The molecule has 1 N–H and O–H groups in total. The fourth-order valence-electron chi connectivity index (χ4n) is 4.29. The van der Waals surface area contributed by atoms with Gasteiger partial charge in [-0.3, -0.25) is 0 Å². The van der Waals surface area contributed by atoms with E-state index in [9.17, 15) is 0 Å². The fourth-order valence-corrected chi connectivity index (χ4v) is 4.29. The maximum Gasteiger partial charge on any atom is 0.168 e. The normalized spacial score (nSPS) is 30.9. The van der Waals surface area contributed by atoms with Crippen molar-refractivity contribution < 1.29 is 14.6 Å². The molecule has 1 spiro atoms. The number of aliphatic hydroxyl groups excluding tert-OH is 1. The van der Waals surface area contributed by atoms with Crippen LogP contribution < -0.4 is 0 Å². The zero-order chi connectivity index (χ0) is 13.8. The third-order valence-electron chi connectivity index (χ3n) is 5.51. The van der Waals surface area contributed by atoms with Gasteiger partial charge in [0, 0.05) is 19.4 Å². The molecule has 1 heterocycles. The van der Waals surface area contributed by atoms with E-state index in [2.05, 4.69) is 6.08 Å². The number of rotatable bonds is 3. The topological polar surface area (TPSA) is 38.7 Å². The van der Waals surface area contributed by atoms with Crippen LogP contribution in [0.4, 0.5) is 0 Å².